The van der Waals surface area contributed by atoms with E-state index in [2.05, 4.69) is 37.4 Å². The molecule has 0 spiro atoms. The van der Waals surface area contributed by atoms with Crippen LogP contribution in [0, 0.1) is 31.6 Å². The van der Waals surface area contributed by atoms with E-state index in [1.165, 1.54) is 49.0 Å². The lowest BCUT2D eigenvalue weighted by Crippen LogP contribution is -2.20. The summed E-state index contributed by atoms with van der Waals surface area (Å²) >= 11 is 0. The van der Waals surface area contributed by atoms with E-state index in [1.54, 1.807) is 0 Å². The molecule has 0 saturated heterocycles. The summed E-state index contributed by atoms with van der Waals surface area (Å²) in [6, 6.07) is 6.71. The van der Waals surface area contributed by atoms with Crippen LogP contribution in [-0.4, -0.2) is 6.54 Å². The number of nitrogens with one attached hydrogen (secondary N) is 1. The highest BCUT2D eigenvalue weighted by Crippen LogP contribution is 2.48. The fraction of sp³-hybridized carbons (Fsp3) is 0.625. The maximum atomic E-state index is 3.67. The summed E-state index contributed by atoms with van der Waals surface area (Å²) in [5.41, 5.74) is 4.07. The predicted molar refractivity (Wildman–Crippen MR) is 73.3 cm³/mol. The van der Waals surface area contributed by atoms with E-state index < -0.39 is 0 Å². The van der Waals surface area contributed by atoms with Crippen LogP contribution >= 0.6 is 0 Å². The second kappa shape index (κ2) is 4.36. The van der Waals surface area contributed by atoms with Crippen molar-refractivity contribution in [1.29, 1.82) is 0 Å². The molecule has 0 amide bonds. The summed E-state index contributed by atoms with van der Waals surface area (Å²) in [5, 5.41) is 3.67. The van der Waals surface area contributed by atoms with Crippen molar-refractivity contribution >= 4 is 5.69 Å². The van der Waals surface area contributed by atoms with Gasteiger partial charge in [0, 0.05) is 12.2 Å². The number of anilines is 1. The Morgan fingerprint density at radius 1 is 1.18 bits per heavy atom. The van der Waals surface area contributed by atoms with Gasteiger partial charge in [-0.2, -0.15) is 0 Å². The fourth-order valence-electron chi connectivity index (χ4n) is 3.88. The SMILES string of the molecule is Cc1ccc(NCC2CC3CCC2C3)c(C)c1. The van der Waals surface area contributed by atoms with Crippen LogP contribution < -0.4 is 5.32 Å². The molecule has 1 nitrogen and oxygen atoms in total. The lowest BCUT2D eigenvalue weighted by molar-refractivity contribution is 0.348. The number of hydrogen-bond acceptors (Lipinski definition) is 1. The number of rotatable bonds is 3. The van der Waals surface area contributed by atoms with Crippen LogP contribution in [0.25, 0.3) is 0 Å². The Kier molecular flexibility index (Phi) is 2.85. The van der Waals surface area contributed by atoms with Gasteiger partial charge in [0.1, 0.15) is 0 Å². The van der Waals surface area contributed by atoms with Crippen molar-refractivity contribution in [3.8, 4) is 0 Å². The zero-order chi connectivity index (χ0) is 11.8. The van der Waals surface area contributed by atoms with Crippen LogP contribution in [0.4, 0.5) is 5.69 Å². The number of aryl methyl sites for hydroxylation is 2. The highest BCUT2D eigenvalue weighted by atomic mass is 14.9. The fourth-order valence-corrected chi connectivity index (χ4v) is 3.88. The third-order valence-corrected chi connectivity index (χ3v) is 4.82. The van der Waals surface area contributed by atoms with Gasteiger partial charge in [0.15, 0.2) is 0 Å². The summed E-state index contributed by atoms with van der Waals surface area (Å²) in [5.74, 6) is 3.03. The first-order valence-corrected chi connectivity index (χ1v) is 7.03. The summed E-state index contributed by atoms with van der Waals surface area (Å²) < 4.78 is 0. The van der Waals surface area contributed by atoms with Gasteiger partial charge in [-0.3, -0.25) is 0 Å². The normalized spacial score (nSPS) is 30.8. The number of fused-ring (bicyclic) bond motifs is 2. The number of benzene rings is 1. The highest BCUT2D eigenvalue weighted by Gasteiger charge is 2.38. The van der Waals surface area contributed by atoms with Crippen LogP contribution in [-0.2, 0) is 0 Å². The molecule has 3 rings (SSSR count). The molecule has 2 fully saturated rings. The molecule has 3 unspecified atom stereocenters. The smallest absolute Gasteiger partial charge is 0.0370 e. The monoisotopic (exact) mass is 229 g/mol. The zero-order valence-corrected chi connectivity index (χ0v) is 11.0. The summed E-state index contributed by atoms with van der Waals surface area (Å²) in [7, 11) is 0. The minimum Gasteiger partial charge on any atom is -0.385 e. The molecule has 3 atom stereocenters. The Labute approximate surface area is 105 Å². The molecule has 1 N–H and O–H groups in total. The molecule has 1 heteroatoms. The van der Waals surface area contributed by atoms with Gasteiger partial charge in [-0.15, -0.1) is 0 Å². The minimum atomic E-state index is 0.939. The van der Waals surface area contributed by atoms with Crippen LogP contribution in [0.3, 0.4) is 0 Å². The summed E-state index contributed by atoms with van der Waals surface area (Å²) in [6.07, 6.45) is 5.98. The van der Waals surface area contributed by atoms with Crippen molar-refractivity contribution in [3.05, 3.63) is 29.3 Å². The maximum Gasteiger partial charge on any atom is 0.0370 e. The van der Waals surface area contributed by atoms with E-state index in [1.807, 2.05) is 0 Å². The third kappa shape index (κ3) is 2.20. The number of hydrogen-bond donors (Lipinski definition) is 1. The van der Waals surface area contributed by atoms with E-state index >= 15 is 0 Å². The molecule has 1 aromatic rings. The molecule has 2 aliphatic carbocycles. The van der Waals surface area contributed by atoms with Gasteiger partial charge in [0.05, 0.1) is 0 Å². The first-order chi connectivity index (χ1) is 8.22. The second-order valence-corrected chi connectivity index (χ2v) is 6.13. The van der Waals surface area contributed by atoms with Crippen molar-refractivity contribution in [3.63, 3.8) is 0 Å². The molecule has 17 heavy (non-hydrogen) atoms. The maximum absolute atomic E-state index is 3.67. The average Bonchev–Trinajstić information content (AvgIpc) is 2.89. The van der Waals surface area contributed by atoms with Crippen molar-refractivity contribution in [1.82, 2.24) is 0 Å². The molecule has 2 bridgehead atoms. The molecule has 0 heterocycles. The van der Waals surface area contributed by atoms with Crippen molar-refractivity contribution in [2.45, 2.75) is 39.5 Å². The Morgan fingerprint density at radius 3 is 2.71 bits per heavy atom. The Hall–Kier alpha value is -0.980. The van der Waals surface area contributed by atoms with Gasteiger partial charge in [-0.1, -0.05) is 24.1 Å². The van der Waals surface area contributed by atoms with Crippen LogP contribution in [0.1, 0.15) is 36.8 Å². The van der Waals surface area contributed by atoms with Crippen molar-refractivity contribution in [2.24, 2.45) is 17.8 Å². The van der Waals surface area contributed by atoms with E-state index in [-0.39, 0.29) is 0 Å². The highest BCUT2D eigenvalue weighted by molar-refractivity contribution is 5.51. The van der Waals surface area contributed by atoms with E-state index in [0.29, 0.717) is 0 Å². The lowest BCUT2D eigenvalue weighted by atomic mass is 9.89. The largest absolute Gasteiger partial charge is 0.385 e. The van der Waals surface area contributed by atoms with Gasteiger partial charge in [-0.05, 0) is 62.5 Å². The summed E-state index contributed by atoms with van der Waals surface area (Å²) in [4.78, 5) is 0. The van der Waals surface area contributed by atoms with Gasteiger partial charge in [0.2, 0.25) is 0 Å². The zero-order valence-electron chi connectivity index (χ0n) is 11.0. The Balaban J connectivity index is 1.60. The summed E-state index contributed by atoms with van der Waals surface area (Å²) in [6.45, 7) is 5.55. The molecule has 0 aliphatic heterocycles. The van der Waals surface area contributed by atoms with Gasteiger partial charge < -0.3 is 5.32 Å². The lowest BCUT2D eigenvalue weighted by Gasteiger charge is -2.23. The molecular formula is C16H23N. The van der Waals surface area contributed by atoms with Crippen molar-refractivity contribution < 1.29 is 0 Å². The Bertz CT molecular complexity index is 410. The average molecular weight is 229 g/mol. The Morgan fingerprint density at radius 2 is 2.06 bits per heavy atom. The van der Waals surface area contributed by atoms with E-state index in [9.17, 15) is 0 Å². The molecule has 2 saturated carbocycles. The minimum absolute atomic E-state index is 0.939. The van der Waals surface area contributed by atoms with E-state index in [0.717, 1.165) is 17.8 Å². The van der Waals surface area contributed by atoms with Gasteiger partial charge in [0.25, 0.3) is 0 Å². The molecule has 0 radical (unpaired) electrons. The van der Waals surface area contributed by atoms with Crippen molar-refractivity contribution in [2.75, 3.05) is 11.9 Å². The van der Waals surface area contributed by atoms with Crippen LogP contribution in [0.2, 0.25) is 0 Å². The quantitative estimate of drug-likeness (QED) is 0.821. The second-order valence-electron chi connectivity index (χ2n) is 6.13. The third-order valence-electron chi connectivity index (χ3n) is 4.82. The van der Waals surface area contributed by atoms with Crippen LogP contribution in [0.5, 0.6) is 0 Å². The standard InChI is InChI=1S/C16H23N/c1-11-3-6-16(12(2)7-11)17-10-15-9-13-4-5-14(15)8-13/h3,6-7,13-15,17H,4-5,8-10H2,1-2H3. The molecule has 92 valence electrons. The molecule has 2 aliphatic rings. The van der Waals surface area contributed by atoms with Crippen LogP contribution in [0.15, 0.2) is 18.2 Å². The first kappa shape index (κ1) is 11.1. The van der Waals surface area contributed by atoms with Gasteiger partial charge >= 0.3 is 0 Å². The molecular weight excluding hydrogens is 206 g/mol. The predicted octanol–water partition coefficient (Wildman–Crippen LogP) is 4.15. The first-order valence-electron chi connectivity index (χ1n) is 7.03. The molecule has 1 aromatic carbocycles. The van der Waals surface area contributed by atoms with Gasteiger partial charge in [-0.25, -0.2) is 0 Å². The topological polar surface area (TPSA) is 12.0 Å². The van der Waals surface area contributed by atoms with E-state index in [4.69, 9.17) is 0 Å². The molecule has 0 aromatic heterocycles.